The summed E-state index contributed by atoms with van der Waals surface area (Å²) in [6.07, 6.45) is 0.149. The number of nitrogens with zero attached hydrogens (tertiary/aromatic N) is 3. The standard InChI is InChI=1S/C22H20ClN3O5S/c1-21(2)18(20(28)31-13-14-8-10-16(11-9-14)26(29)30)25-17(27)12-22(25,32-21)24-19(23)15-6-4-3-5-7-15/h3-11,18H,12-13H2,1-2H3/b24-19+/t18-,22-/m0/s1. The summed E-state index contributed by atoms with van der Waals surface area (Å²) in [6, 6.07) is 14.1. The molecule has 166 valence electrons. The van der Waals surface area contributed by atoms with Crippen molar-refractivity contribution in [2.75, 3.05) is 0 Å². The molecule has 32 heavy (non-hydrogen) atoms. The van der Waals surface area contributed by atoms with Crippen LogP contribution in [0.15, 0.2) is 59.6 Å². The smallest absolute Gasteiger partial charge is 0.330 e. The van der Waals surface area contributed by atoms with E-state index in [1.165, 1.54) is 40.9 Å². The van der Waals surface area contributed by atoms with Gasteiger partial charge in [-0.15, -0.1) is 11.8 Å². The Kier molecular flexibility index (Phi) is 5.72. The Bertz CT molecular complexity index is 1110. The zero-order chi connectivity index (χ0) is 23.1. The molecule has 0 aromatic heterocycles. The zero-order valence-corrected chi connectivity index (χ0v) is 18.9. The van der Waals surface area contributed by atoms with Crippen molar-refractivity contribution in [3.05, 3.63) is 75.8 Å². The SMILES string of the molecule is CC1(C)S[C@]2(/N=C(/Cl)c3ccccc3)CC(=O)N2[C@H]1C(=O)OCc1ccc([N+](=O)[O-])cc1. The highest BCUT2D eigenvalue weighted by Crippen LogP contribution is 2.59. The van der Waals surface area contributed by atoms with Crippen LogP contribution >= 0.6 is 23.4 Å². The lowest BCUT2D eigenvalue weighted by Gasteiger charge is -2.44. The van der Waals surface area contributed by atoms with Crippen molar-refractivity contribution >= 4 is 46.1 Å². The van der Waals surface area contributed by atoms with Gasteiger partial charge in [-0.2, -0.15) is 0 Å². The predicted molar refractivity (Wildman–Crippen MR) is 121 cm³/mol. The van der Waals surface area contributed by atoms with Crippen molar-refractivity contribution in [2.45, 2.75) is 42.7 Å². The van der Waals surface area contributed by atoms with Gasteiger partial charge < -0.3 is 4.74 Å². The number of nitro benzene ring substituents is 1. The number of fused-ring (bicyclic) bond motifs is 1. The molecule has 10 heteroatoms. The summed E-state index contributed by atoms with van der Waals surface area (Å²) < 4.78 is 4.83. The molecule has 0 bridgehead atoms. The number of esters is 1. The number of amides is 1. The van der Waals surface area contributed by atoms with Crippen molar-refractivity contribution in [3.8, 4) is 0 Å². The van der Waals surface area contributed by atoms with Gasteiger partial charge in [0.25, 0.3) is 5.69 Å². The molecule has 2 aromatic rings. The van der Waals surface area contributed by atoms with E-state index in [9.17, 15) is 19.7 Å². The average molecular weight is 474 g/mol. The lowest BCUT2D eigenvalue weighted by molar-refractivity contribution is -0.384. The van der Waals surface area contributed by atoms with Crippen LogP contribution in [0.4, 0.5) is 5.69 Å². The number of hydrogen-bond acceptors (Lipinski definition) is 7. The molecule has 0 N–H and O–H groups in total. The number of nitro groups is 1. The van der Waals surface area contributed by atoms with Gasteiger partial charge in [0.1, 0.15) is 17.8 Å². The van der Waals surface area contributed by atoms with E-state index in [0.717, 1.165) is 5.56 Å². The van der Waals surface area contributed by atoms with E-state index in [1.54, 1.807) is 0 Å². The van der Waals surface area contributed by atoms with Crippen LogP contribution in [0.2, 0.25) is 0 Å². The molecule has 2 atom stereocenters. The van der Waals surface area contributed by atoms with Gasteiger partial charge in [0, 0.05) is 22.4 Å². The normalized spacial score (nSPS) is 24.0. The van der Waals surface area contributed by atoms with Gasteiger partial charge in [0.2, 0.25) is 5.91 Å². The van der Waals surface area contributed by atoms with E-state index in [-0.39, 0.29) is 29.8 Å². The monoisotopic (exact) mass is 473 g/mol. The summed E-state index contributed by atoms with van der Waals surface area (Å²) in [5.41, 5.74) is 1.29. The maximum absolute atomic E-state index is 13.0. The van der Waals surface area contributed by atoms with Crippen LogP contribution in [0.25, 0.3) is 0 Å². The van der Waals surface area contributed by atoms with E-state index in [0.29, 0.717) is 5.56 Å². The minimum atomic E-state index is -0.954. The number of ether oxygens (including phenoxy) is 1. The second-order valence-corrected chi connectivity index (χ2v) is 10.4. The van der Waals surface area contributed by atoms with Crippen LogP contribution < -0.4 is 0 Å². The van der Waals surface area contributed by atoms with Crippen molar-refractivity contribution in [3.63, 3.8) is 0 Å². The first-order valence-corrected chi connectivity index (χ1v) is 11.1. The van der Waals surface area contributed by atoms with Crippen molar-refractivity contribution in [2.24, 2.45) is 4.99 Å². The molecule has 4 rings (SSSR count). The quantitative estimate of drug-likeness (QED) is 0.206. The fourth-order valence-electron chi connectivity index (χ4n) is 3.94. The van der Waals surface area contributed by atoms with Gasteiger partial charge in [-0.25, -0.2) is 9.79 Å². The molecule has 2 aliphatic rings. The van der Waals surface area contributed by atoms with E-state index in [1.807, 2.05) is 44.2 Å². The number of hydrogen-bond donors (Lipinski definition) is 0. The summed E-state index contributed by atoms with van der Waals surface area (Å²) in [5, 5.41) is 11.1. The second kappa shape index (κ2) is 8.22. The molecule has 1 amide bonds. The highest BCUT2D eigenvalue weighted by atomic mass is 35.5. The molecule has 2 saturated heterocycles. The van der Waals surface area contributed by atoms with Crippen molar-refractivity contribution in [1.29, 1.82) is 0 Å². The Morgan fingerprint density at radius 3 is 2.50 bits per heavy atom. The lowest BCUT2D eigenvalue weighted by atomic mass is 9.96. The summed E-state index contributed by atoms with van der Waals surface area (Å²) in [4.78, 5) is 41.0. The number of aliphatic imine (C=N–C) groups is 1. The zero-order valence-electron chi connectivity index (χ0n) is 17.4. The molecule has 8 nitrogen and oxygen atoms in total. The lowest BCUT2D eigenvalue weighted by Crippen LogP contribution is -2.63. The molecule has 0 unspecified atom stereocenters. The summed E-state index contributed by atoms with van der Waals surface area (Å²) in [6.45, 7) is 3.68. The van der Waals surface area contributed by atoms with Crippen molar-refractivity contribution in [1.82, 2.24) is 4.90 Å². The van der Waals surface area contributed by atoms with Gasteiger partial charge in [0.05, 0.1) is 11.3 Å². The van der Waals surface area contributed by atoms with Gasteiger partial charge in [-0.05, 0) is 31.5 Å². The molecule has 0 aliphatic carbocycles. The van der Waals surface area contributed by atoms with Crippen LogP contribution in [-0.2, 0) is 20.9 Å². The first-order valence-electron chi connectivity index (χ1n) is 9.86. The van der Waals surface area contributed by atoms with E-state index in [2.05, 4.69) is 4.99 Å². The summed E-state index contributed by atoms with van der Waals surface area (Å²) in [5.74, 6) is -0.747. The number of non-ortho nitro benzene ring substituents is 1. The van der Waals surface area contributed by atoms with Crippen LogP contribution in [0, 0.1) is 10.1 Å². The highest BCUT2D eigenvalue weighted by molar-refractivity contribution is 8.02. The van der Waals surface area contributed by atoms with Crippen LogP contribution in [0.5, 0.6) is 0 Å². The Balaban J connectivity index is 1.53. The maximum Gasteiger partial charge on any atom is 0.330 e. The number of carbonyl (C=O) groups is 2. The Morgan fingerprint density at radius 2 is 1.91 bits per heavy atom. The Morgan fingerprint density at radius 1 is 1.25 bits per heavy atom. The van der Waals surface area contributed by atoms with E-state index < -0.39 is 26.7 Å². The van der Waals surface area contributed by atoms with Gasteiger partial charge >= 0.3 is 5.97 Å². The van der Waals surface area contributed by atoms with E-state index in [4.69, 9.17) is 16.3 Å². The number of thioether (sulfide) groups is 1. The third kappa shape index (κ3) is 3.98. The minimum Gasteiger partial charge on any atom is -0.459 e. The summed E-state index contributed by atoms with van der Waals surface area (Å²) in [7, 11) is 0. The minimum absolute atomic E-state index is 0.0440. The maximum atomic E-state index is 13.0. The molecule has 0 radical (unpaired) electrons. The summed E-state index contributed by atoms with van der Waals surface area (Å²) >= 11 is 7.87. The molecule has 2 aliphatic heterocycles. The molecule has 0 saturated carbocycles. The van der Waals surface area contributed by atoms with Crippen LogP contribution in [0.1, 0.15) is 31.4 Å². The van der Waals surface area contributed by atoms with Crippen LogP contribution in [0.3, 0.4) is 0 Å². The fourth-order valence-corrected chi connectivity index (χ4v) is 6.05. The van der Waals surface area contributed by atoms with Crippen molar-refractivity contribution < 1.29 is 19.2 Å². The molecule has 2 heterocycles. The van der Waals surface area contributed by atoms with Gasteiger partial charge in [-0.1, -0.05) is 41.9 Å². The predicted octanol–water partition coefficient (Wildman–Crippen LogP) is 4.10. The second-order valence-electron chi connectivity index (χ2n) is 8.09. The first-order chi connectivity index (χ1) is 15.1. The number of β-lactam (4-membered cyclic amide) rings is 1. The van der Waals surface area contributed by atoms with Gasteiger partial charge in [-0.3, -0.25) is 19.8 Å². The fraction of sp³-hybridized carbons (Fsp3) is 0.318. The number of benzene rings is 2. The number of rotatable bonds is 6. The highest BCUT2D eigenvalue weighted by Gasteiger charge is 2.68. The topological polar surface area (TPSA) is 102 Å². The molecular weight excluding hydrogens is 454 g/mol. The van der Waals surface area contributed by atoms with Crippen LogP contribution in [-0.4, -0.2) is 42.7 Å². The number of carbonyl (C=O) groups excluding carboxylic acids is 2. The third-order valence-corrected chi connectivity index (χ3v) is 7.22. The third-order valence-electron chi connectivity index (χ3n) is 5.41. The Hall–Kier alpha value is -2.91. The average Bonchev–Trinajstić information content (AvgIpc) is 2.94. The Labute approximate surface area is 193 Å². The molecule has 2 fully saturated rings. The molecule has 2 aromatic carbocycles. The molecular formula is C22H20ClN3O5S. The molecule has 0 spiro atoms. The number of halogens is 1. The largest absolute Gasteiger partial charge is 0.459 e. The van der Waals surface area contributed by atoms with E-state index >= 15 is 0 Å². The van der Waals surface area contributed by atoms with Gasteiger partial charge in [0.15, 0.2) is 4.99 Å². The first kappa shape index (κ1) is 22.3.